The van der Waals surface area contributed by atoms with Crippen molar-refractivity contribution in [2.75, 3.05) is 65.5 Å². The van der Waals surface area contributed by atoms with Crippen LogP contribution in [0.2, 0.25) is 0 Å². The fourth-order valence-electron chi connectivity index (χ4n) is 4.51. The van der Waals surface area contributed by atoms with Crippen molar-refractivity contribution in [2.45, 2.75) is 6.42 Å². The van der Waals surface area contributed by atoms with Crippen LogP contribution >= 0.6 is 0 Å². The smallest absolute Gasteiger partial charge is 0.189 e. The molecule has 6 nitrogen and oxygen atoms in total. The maximum absolute atomic E-state index is 12.9. The number of nitrogens with zero attached hydrogens (tertiary/aromatic N) is 2. The van der Waals surface area contributed by atoms with Crippen LogP contribution in [0.15, 0.2) is 42.0 Å². The highest BCUT2D eigenvalue weighted by atomic mass is 35.5. The number of rotatable bonds is 6. The number of hydrogen-bond donors (Lipinski definition) is 1. The van der Waals surface area contributed by atoms with Gasteiger partial charge < -0.3 is 36.4 Å². The van der Waals surface area contributed by atoms with E-state index in [2.05, 4.69) is 36.2 Å². The zero-order chi connectivity index (χ0) is 22.0. The van der Waals surface area contributed by atoms with Gasteiger partial charge in [0.05, 0.1) is 54.1 Å². The lowest BCUT2D eigenvalue weighted by Gasteiger charge is -2.42. The number of ether oxygens (including phenoxy) is 2. The molecule has 0 aromatic heterocycles. The summed E-state index contributed by atoms with van der Waals surface area (Å²) < 4.78 is 11.6. The van der Waals surface area contributed by atoms with Crippen molar-refractivity contribution in [3.63, 3.8) is 0 Å². The molecule has 1 fully saturated rings. The SMILES string of the molecule is COc1cc2c(cc1OC)C(=O)/C(=C/c1ccc(N3CC[N+](C)(CCO)CC3)cc1)C2.[Cl-]. The molecule has 0 amide bonds. The average molecular weight is 459 g/mol. The van der Waals surface area contributed by atoms with Crippen molar-refractivity contribution >= 4 is 17.5 Å². The van der Waals surface area contributed by atoms with Crippen LogP contribution in [0.4, 0.5) is 5.69 Å². The highest BCUT2D eigenvalue weighted by molar-refractivity contribution is 6.15. The van der Waals surface area contributed by atoms with E-state index >= 15 is 0 Å². The van der Waals surface area contributed by atoms with Gasteiger partial charge in [0, 0.05) is 23.2 Å². The Balaban J connectivity index is 0.00000289. The van der Waals surface area contributed by atoms with Crippen LogP contribution in [-0.4, -0.2) is 76.0 Å². The van der Waals surface area contributed by atoms with Crippen LogP contribution < -0.4 is 26.8 Å². The van der Waals surface area contributed by atoms with E-state index in [1.165, 1.54) is 5.69 Å². The Hall–Kier alpha value is -2.54. The number of piperazine rings is 1. The Kier molecular flexibility index (Phi) is 7.49. The number of halogens is 1. The molecule has 2 aliphatic rings. The molecule has 1 N–H and O–H groups in total. The van der Waals surface area contributed by atoms with Crippen molar-refractivity contribution in [1.29, 1.82) is 0 Å². The maximum Gasteiger partial charge on any atom is 0.189 e. The minimum Gasteiger partial charge on any atom is -1.00 e. The van der Waals surface area contributed by atoms with Crippen molar-refractivity contribution in [2.24, 2.45) is 0 Å². The summed E-state index contributed by atoms with van der Waals surface area (Å²) in [6, 6.07) is 12.1. The molecule has 0 atom stereocenters. The number of Topliss-reactive ketones (excluding diaryl/α,β-unsaturated/α-hetero) is 1. The number of benzene rings is 2. The minimum absolute atomic E-state index is 0. The number of fused-ring (bicyclic) bond motifs is 1. The van der Waals surface area contributed by atoms with Gasteiger partial charge in [0.15, 0.2) is 17.3 Å². The van der Waals surface area contributed by atoms with Crippen LogP contribution in [-0.2, 0) is 6.42 Å². The summed E-state index contributed by atoms with van der Waals surface area (Å²) in [5, 5.41) is 9.27. The van der Waals surface area contributed by atoms with Crippen molar-refractivity contribution in [3.05, 3.63) is 58.7 Å². The van der Waals surface area contributed by atoms with E-state index in [1.54, 1.807) is 20.3 Å². The van der Waals surface area contributed by atoms with Gasteiger partial charge in [-0.05, 0) is 41.5 Å². The van der Waals surface area contributed by atoms with Crippen LogP contribution in [0.1, 0.15) is 21.5 Å². The van der Waals surface area contributed by atoms with Crippen molar-refractivity contribution in [3.8, 4) is 11.5 Å². The summed E-state index contributed by atoms with van der Waals surface area (Å²) in [5.74, 6) is 1.28. The Morgan fingerprint density at radius 2 is 1.69 bits per heavy atom. The highest BCUT2D eigenvalue weighted by Crippen LogP contribution is 2.37. The number of allylic oxidation sites excluding steroid dienone is 1. The lowest BCUT2D eigenvalue weighted by Crippen LogP contribution is -3.00. The van der Waals surface area contributed by atoms with Gasteiger partial charge in [-0.2, -0.15) is 0 Å². The second-order valence-corrected chi connectivity index (χ2v) is 8.63. The summed E-state index contributed by atoms with van der Waals surface area (Å²) in [4.78, 5) is 15.3. The van der Waals surface area contributed by atoms with E-state index < -0.39 is 0 Å². The predicted octanol–water partition coefficient (Wildman–Crippen LogP) is -0.211. The van der Waals surface area contributed by atoms with E-state index in [0.717, 1.165) is 53.9 Å². The zero-order valence-corrected chi connectivity index (χ0v) is 19.7. The molecule has 2 aromatic carbocycles. The number of carbonyl (C=O) groups is 1. The molecule has 1 aliphatic carbocycles. The first-order chi connectivity index (χ1) is 15.0. The summed E-state index contributed by atoms with van der Waals surface area (Å²) in [7, 11) is 5.40. The standard InChI is InChI=1S/C25H31N2O4.ClH/c1-27(12-13-28)10-8-26(9-11-27)21-6-4-18(5-7-21)14-20-15-19-16-23(30-2)24(31-3)17-22(19)25(20)29;/h4-7,14,16-17,28H,8-13,15H2,1-3H3;1H/q+1;/p-1/b20-14+;. The molecule has 1 heterocycles. The molecule has 0 unspecified atom stereocenters. The van der Waals surface area contributed by atoms with Gasteiger partial charge in [-0.1, -0.05) is 12.1 Å². The number of ketones is 1. The fourth-order valence-corrected chi connectivity index (χ4v) is 4.51. The molecule has 0 bridgehead atoms. The quantitative estimate of drug-likeness (QED) is 0.479. The van der Waals surface area contributed by atoms with Gasteiger partial charge in [-0.3, -0.25) is 4.79 Å². The number of aliphatic hydroxyl groups excluding tert-OH is 1. The lowest BCUT2D eigenvalue weighted by atomic mass is 10.1. The van der Waals surface area contributed by atoms with E-state index in [9.17, 15) is 9.90 Å². The highest BCUT2D eigenvalue weighted by Gasteiger charge is 2.29. The zero-order valence-electron chi connectivity index (χ0n) is 18.9. The third-order valence-electron chi connectivity index (χ3n) is 6.59. The number of anilines is 1. The molecule has 1 aliphatic heterocycles. The van der Waals surface area contributed by atoms with Crippen LogP contribution in [0.25, 0.3) is 6.08 Å². The topological polar surface area (TPSA) is 59.0 Å². The van der Waals surface area contributed by atoms with Crippen LogP contribution in [0.3, 0.4) is 0 Å². The summed E-state index contributed by atoms with van der Waals surface area (Å²) in [6.45, 7) is 5.08. The molecular weight excluding hydrogens is 428 g/mol. The third kappa shape index (κ3) is 4.77. The van der Waals surface area contributed by atoms with Crippen LogP contribution in [0.5, 0.6) is 11.5 Å². The molecule has 32 heavy (non-hydrogen) atoms. The predicted molar refractivity (Wildman–Crippen MR) is 122 cm³/mol. The second-order valence-electron chi connectivity index (χ2n) is 8.63. The number of likely N-dealkylation sites (N-methyl/N-ethyl adjacent to an activating group) is 1. The fraction of sp³-hybridized carbons (Fsp3) is 0.400. The largest absolute Gasteiger partial charge is 1.00 e. The maximum atomic E-state index is 12.9. The van der Waals surface area contributed by atoms with E-state index in [-0.39, 0.29) is 24.8 Å². The summed E-state index contributed by atoms with van der Waals surface area (Å²) >= 11 is 0. The van der Waals surface area contributed by atoms with Gasteiger partial charge in [0.1, 0.15) is 6.54 Å². The van der Waals surface area contributed by atoms with E-state index in [1.807, 2.05) is 12.1 Å². The van der Waals surface area contributed by atoms with Gasteiger partial charge in [0.2, 0.25) is 0 Å². The lowest BCUT2D eigenvalue weighted by molar-refractivity contribution is -0.910. The molecule has 0 saturated carbocycles. The first kappa shape index (κ1) is 24.1. The second kappa shape index (κ2) is 9.94. The molecule has 0 spiro atoms. The van der Waals surface area contributed by atoms with Gasteiger partial charge in [-0.15, -0.1) is 0 Å². The van der Waals surface area contributed by atoms with E-state index in [0.29, 0.717) is 23.5 Å². The number of hydrogen-bond acceptors (Lipinski definition) is 5. The minimum atomic E-state index is 0. The van der Waals surface area contributed by atoms with Crippen molar-refractivity contribution < 1.29 is 36.3 Å². The number of methoxy groups -OCH3 is 2. The monoisotopic (exact) mass is 458 g/mol. The first-order valence-corrected chi connectivity index (χ1v) is 10.8. The third-order valence-corrected chi connectivity index (χ3v) is 6.59. The van der Waals surface area contributed by atoms with Gasteiger partial charge >= 0.3 is 0 Å². The molecular formula is C25H31ClN2O4. The molecule has 0 radical (unpaired) electrons. The Bertz CT molecular complexity index is 996. The molecule has 7 heteroatoms. The van der Waals surface area contributed by atoms with Gasteiger partial charge in [-0.25, -0.2) is 0 Å². The molecule has 172 valence electrons. The molecule has 1 saturated heterocycles. The van der Waals surface area contributed by atoms with Crippen LogP contribution in [0, 0.1) is 0 Å². The van der Waals surface area contributed by atoms with Crippen molar-refractivity contribution in [1.82, 2.24) is 0 Å². The van der Waals surface area contributed by atoms with Gasteiger partial charge in [0.25, 0.3) is 0 Å². The Morgan fingerprint density at radius 1 is 1.06 bits per heavy atom. The first-order valence-electron chi connectivity index (χ1n) is 10.8. The molecule has 2 aromatic rings. The Labute approximate surface area is 196 Å². The van der Waals surface area contributed by atoms with E-state index in [4.69, 9.17) is 9.47 Å². The normalized spacial score (nSPS) is 18.3. The number of carbonyl (C=O) groups excluding carboxylic acids is 1. The average Bonchev–Trinajstić information content (AvgIpc) is 3.08. The number of aliphatic hydroxyl groups is 1. The summed E-state index contributed by atoms with van der Waals surface area (Å²) in [6.07, 6.45) is 2.58. The Morgan fingerprint density at radius 3 is 2.28 bits per heavy atom. The molecule has 4 rings (SSSR count). The summed E-state index contributed by atoms with van der Waals surface area (Å²) in [5.41, 5.74) is 4.68. The number of quaternary nitrogens is 1.